The second-order valence-corrected chi connectivity index (χ2v) is 6.31. The topological polar surface area (TPSA) is 54.5 Å². The lowest BCUT2D eigenvalue weighted by Gasteiger charge is -2.18. The highest BCUT2D eigenvalue weighted by atomic mass is 16.5. The number of ether oxygens (including phenoxy) is 1. The Hall–Kier alpha value is -2.40. The zero-order valence-corrected chi connectivity index (χ0v) is 13.6. The summed E-state index contributed by atoms with van der Waals surface area (Å²) < 4.78 is 5.61. The van der Waals surface area contributed by atoms with Gasteiger partial charge in [0, 0.05) is 37.8 Å². The van der Waals surface area contributed by atoms with E-state index in [2.05, 4.69) is 16.4 Å². The number of aromatic nitrogens is 1. The molecule has 1 unspecified atom stereocenters. The van der Waals surface area contributed by atoms with Crippen molar-refractivity contribution in [3.63, 3.8) is 0 Å². The molecule has 0 bridgehead atoms. The van der Waals surface area contributed by atoms with Gasteiger partial charge in [-0.15, -0.1) is 0 Å². The number of anilines is 2. The third kappa shape index (κ3) is 2.99. The zero-order chi connectivity index (χ0) is 16.4. The van der Waals surface area contributed by atoms with Crippen molar-refractivity contribution in [2.24, 2.45) is 0 Å². The van der Waals surface area contributed by atoms with Crippen LogP contribution in [-0.2, 0) is 11.2 Å². The lowest BCUT2D eigenvalue weighted by Crippen LogP contribution is -2.29. The van der Waals surface area contributed by atoms with Crippen LogP contribution in [0.1, 0.15) is 28.8 Å². The van der Waals surface area contributed by atoms with Gasteiger partial charge in [-0.05, 0) is 37.0 Å². The number of fused-ring (bicyclic) bond motifs is 1. The van der Waals surface area contributed by atoms with Crippen LogP contribution < -0.4 is 10.2 Å². The number of hydrogen-bond acceptors (Lipinski definition) is 4. The first-order valence-corrected chi connectivity index (χ1v) is 8.51. The van der Waals surface area contributed by atoms with E-state index in [-0.39, 0.29) is 12.0 Å². The van der Waals surface area contributed by atoms with Crippen molar-refractivity contribution in [2.45, 2.75) is 25.4 Å². The number of amides is 1. The smallest absolute Gasteiger partial charge is 0.259 e. The van der Waals surface area contributed by atoms with Crippen molar-refractivity contribution in [3.05, 3.63) is 53.9 Å². The van der Waals surface area contributed by atoms with Crippen LogP contribution >= 0.6 is 0 Å². The summed E-state index contributed by atoms with van der Waals surface area (Å²) in [5.41, 5.74) is 3.72. The normalized spacial score (nSPS) is 19.3. The predicted molar refractivity (Wildman–Crippen MR) is 93.5 cm³/mol. The Morgan fingerprint density at radius 1 is 1.33 bits per heavy atom. The molecule has 1 atom stereocenters. The third-order valence-corrected chi connectivity index (χ3v) is 4.68. The molecule has 4 rings (SSSR count). The van der Waals surface area contributed by atoms with Crippen LogP contribution in [0.2, 0.25) is 0 Å². The average Bonchev–Trinajstić information content (AvgIpc) is 3.29. The molecule has 24 heavy (non-hydrogen) atoms. The van der Waals surface area contributed by atoms with Gasteiger partial charge in [-0.3, -0.25) is 9.78 Å². The fourth-order valence-corrected chi connectivity index (χ4v) is 3.40. The Morgan fingerprint density at radius 3 is 3.12 bits per heavy atom. The van der Waals surface area contributed by atoms with Crippen LogP contribution in [0.3, 0.4) is 0 Å². The number of hydrogen-bond donors (Lipinski definition) is 1. The number of pyridine rings is 1. The number of carbonyl (C=O) groups excluding carboxylic acids is 1. The fourth-order valence-electron chi connectivity index (χ4n) is 3.40. The molecule has 1 amide bonds. The second-order valence-electron chi connectivity index (χ2n) is 6.31. The van der Waals surface area contributed by atoms with E-state index in [1.807, 2.05) is 29.2 Å². The lowest BCUT2D eigenvalue weighted by molar-refractivity contribution is 0.0989. The minimum absolute atomic E-state index is 0.00761. The third-order valence-electron chi connectivity index (χ3n) is 4.68. The number of rotatable bonds is 4. The molecule has 0 spiro atoms. The van der Waals surface area contributed by atoms with Gasteiger partial charge in [0.1, 0.15) is 0 Å². The van der Waals surface area contributed by atoms with Crippen LogP contribution in [-0.4, -0.2) is 36.7 Å². The zero-order valence-electron chi connectivity index (χ0n) is 13.6. The van der Waals surface area contributed by atoms with E-state index in [0.29, 0.717) is 5.56 Å². The van der Waals surface area contributed by atoms with Crippen molar-refractivity contribution < 1.29 is 9.53 Å². The summed E-state index contributed by atoms with van der Waals surface area (Å²) in [7, 11) is 0. The van der Waals surface area contributed by atoms with Crippen molar-refractivity contribution in [1.82, 2.24) is 4.98 Å². The molecule has 5 heteroatoms. The number of nitrogens with one attached hydrogen (secondary N) is 1. The van der Waals surface area contributed by atoms with Gasteiger partial charge in [0.25, 0.3) is 5.91 Å². The fraction of sp³-hybridized carbons (Fsp3) is 0.368. The first kappa shape index (κ1) is 15.1. The molecular formula is C19H21N3O2. The maximum Gasteiger partial charge on any atom is 0.259 e. The van der Waals surface area contributed by atoms with E-state index in [9.17, 15) is 4.79 Å². The summed E-state index contributed by atoms with van der Waals surface area (Å²) >= 11 is 0. The van der Waals surface area contributed by atoms with Crippen LogP contribution in [0, 0.1) is 0 Å². The first-order valence-electron chi connectivity index (χ1n) is 8.51. The number of carbonyl (C=O) groups is 1. The average molecular weight is 323 g/mol. The van der Waals surface area contributed by atoms with Gasteiger partial charge in [0.15, 0.2) is 0 Å². The molecule has 3 heterocycles. The van der Waals surface area contributed by atoms with Crippen molar-refractivity contribution >= 4 is 17.3 Å². The van der Waals surface area contributed by atoms with Gasteiger partial charge >= 0.3 is 0 Å². The van der Waals surface area contributed by atoms with E-state index < -0.39 is 0 Å². The summed E-state index contributed by atoms with van der Waals surface area (Å²) in [5.74, 6) is 0.00761. The highest BCUT2D eigenvalue weighted by Crippen LogP contribution is 2.29. The van der Waals surface area contributed by atoms with E-state index >= 15 is 0 Å². The molecule has 1 aromatic heterocycles. The maximum absolute atomic E-state index is 12.9. The van der Waals surface area contributed by atoms with Crippen LogP contribution in [0.25, 0.3) is 0 Å². The Balaban J connectivity index is 1.48. The molecule has 5 nitrogen and oxygen atoms in total. The van der Waals surface area contributed by atoms with E-state index in [0.717, 1.165) is 50.3 Å². The standard InChI is InChI=1S/C19H21N3O2/c23-19(22-8-7-14-4-1-2-6-18(14)22)15-10-16(12-20-11-15)21-13-17-5-3-9-24-17/h1-2,4,6,10-12,17,21H,3,5,7-9,13H2. The molecule has 0 radical (unpaired) electrons. The molecule has 124 valence electrons. The van der Waals surface area contributed by atoms with Crippen molar-refractivity contribution in [2.75, 3.05) is 29.9 Å². The summed E-state index contributed by atoms with van der Waals surface area (Å²) in [6.07, 6.45) is 6.77. The molecular weight excluding hydrogens is 302 g/mol. The van der Waals surface area contributed by atoms with Gasteiger partial charge in [-0.1, -0.05) is 18.2 Å². The summed E-state index contributed by atoms with van der Waals surface area (Å²) in [5, 5.41) is 3.33. The molecule has 1 N–H and O–H groups in total. The Bertz CT molecular complexity index is 741. The number of benzene rings is 1. The van der Waals surface area contributed by atoms with Gasteiger partial charge in [0.2, 0.25) is 0 Å². The lowest BCUT2D eigenvalue weighted by atomic mass is 10.2. The number of nitrogens with zero attached hydrogens (tertiary/aromatic N) is 2. The maximum atomic E-state index is 12.9. The van der Waals surface area contributed by atoms with E-state index in [1.165, 1.54) is 5.56 Å². The largest absolute Gasteiger partial charge is 0.381 e. The SMILES string of the molecule is O=C(c1cncc(NCC2CCCO2)c1)N1CCc2ccccc21. The monoisotopic (exact) mass is 323 g/mol. The van der Waals surface area contributed by atoms with Crippen LogP contribution in [0.5, 0.6) is 0 Å². The molecule has 1 saturated heterocycles. The number of para-hydroxylation sites is 1. The molecule has 1 aromatic carbocycles. The Labute approximate surface area is 141 Å². The highest BCUT2D eigenvalue weighted by molar-refractivity contribution is 6.07. The summed E-state index contributed by atoms with van der Waals surface area (Å²) in [6.45, 7) is 2.33. The van der Waals surface area contributed by atoms with Crippen LogP contribution in [0.15, 0.2) is 42.7 Å². The molecule has 0 saturated carbocycles. The van der Waals surface area contributed by atoms with E-state index in [1.54, 1.807) is 12.4 Å². The van der Waals surface area contributed by atoms with Gasteiger partial charge in [-0.25, -0.2) is 0 Å². The van der Waals surface area contributed by atoms with Gasteiger partial charge in [-0.2, -0.15) is 0 Å². The summed E-state index contributed by atoms with van der Waals surface area (Å²) in [6, 6.07) is 9.96. The van der Waals surface area contributed by atoms with Gasteiger partial charge < -0.3 is 15.0 Å². The highest BCUT2D eigenvalue weighted by Gasteiger charge is 2.25. The minimum atomic E-state index is 0.00761. The van der Waals surface area contributed by atoms with Gasteiger partial charge in [0.05, 0.1) is 17.4 Å². The van der Waals surface area contributed by atoms with Crippen LogP contribution in [0.4, 0.5) is 11.4 Å². The van der Waals surface area contributed by atoms with E-state index in [4.69, 9.17) is 4.74 Å². The molecule has 0 aliphatic carbocycles. The molecule has 1 fully saturated rings. The molecule has 2 aromatic rings. The quantitative estimate of drug-likeness (QED) is 0.940. The summed E-state index contributed by atoms with van der Waals surface area (Å²) in [4.78, 5) is 18.9. The molecule has 2 aliphatic heterocycles. The predicted octanol–water partition coefficient (Wildman–Crippen LogP) is 2.88. The minimum Gasteiger partial charge on any atom is -0.381 e. The first-order chi connectivity index (χ1) is 11.8. The second kappa shape index (κ2) is 6.61. The van der Waals surface area contributed by atoms with Crippen molar-refractivity contribution in [1.29, 1.82) is 0 Å². The Morgan fingerprint density at radius 2 is 2.25 bits per heavy atom. The molecule has 2 aliphatic rings. The van der Waals surface area contributed by atoms with Crippen molar-refractivity contribution in [3.8, 4) is 0 Å². The Kier molecular flexibility index (Phi) is 4.17.